The number of carbonyl (C=O) groups is 1. The van der Waals surface area contributed by atoms with E-state index in [2.05, 4.69) is 15.6 Å². The zero-order valence-corrected chi connectivity index (χ0v) is 13.6. The summed E-state index contributed by atoms with van der Waals surface area (Å²) in [6.45, 7) is 0.294. The number of benzene rings is 2. The van der Waals surface area contributed by atoms with Crippen molar-refractivity contribution in [2.24, 2.45) is 0 Å². The molecule has 0 saturated heterocycles. The van der Waals surface area contributed by atoms with E-state index in [0.29, 0.717) is 29.1 Å². The second kappa shape index (κ2) is 6.33. The first-order valence-electron chi connectivity index (χ1n) is 8.03. The van der Waals surface area contributed by atoms with Crippen molar-refractivity contribution in [3.63, 3.8) is 0 Å². The van der Waals surface area contributed by atoms with Crippen LogP contribution in [-0.2, 0) is 0 Å². The van der Waals surface area contributed by atoms with Crippen molar-refractivity contribution in [1.82, 2.24) is 14.9 Å². The van der Waals surface area contributed by atoms with Gasteiger partial charge in [-0.05, 0) is 35.9 Å². The van der Waals surface area contributed by atoms with E-state index in [9.17, 15) is 9.18 Å². The molecule has 2 amide bonds. The Labute approximate surface area is 148 Å². The molecule has 1 aliphatic heterocycles. The lowest BCUT2D eigenvalue weighted by molar-refractivity contribution is 0.251. The third-order valence-electron chi connectivity index (χ3n) is 4.39. The minimum atomic E-state index is -0.374. The van der Waals surface area contributed by atoms with Crippen LogP contribution in [0.4, 0.5) is 14.9 Å². The average Bonchev–Trinajstić information content (AvgIpc) is 3.22. The molecule has 1 atom stereocenters. The summed E-state index contributed by atoms with van der Waals surface area (Å²) >= 11 is 0. The standard InChI is InChI=1S/C19H14FN5O/c20-15-3-1-2-14-16(25-11-22-9-17(25)18(14)15)10-23-19(26)24-13-6-4-12(8-21)5-7-13/h1-7,9,11,16H,10H2,(H2,23,24,26). The van der Waals surface area contributed by atoms with E-state index < -0.39 is 0 Å². The Morgan fingerprint density at radius 3 is 2.85 bits per heavy atom. The minimum Gasteiger partial charge on any atom is -0.335 e. The summed E-state index contributed by atoms with van der Waals surface area (Å²) in [6, 6.07) is 12.9. The first-order valence-corrected chi connectivity index (χ1v) is 8.03. The van der Waals surface area contributed by atoms with Crippen molar-refractivity contribution in [3.05, 3.63) is 71.9 Å². The molecule has 4 rings (SSSR count). The molecular formula is C19H14FN5O. The number of urea groups is 1. The highest BCUT2D eigenvalue weighted by atomic mass is 19.1. The number of amides is 2. The molecule has 2 aromatic carbocycles. The topological polar surface area (TPSA) is 82.7 Å². The molecule has 128 valence electrons. The van der Waals surface area contributed by atoms with Gasteiger partial charge >= 0.3 is 6.03 Å². The third-order valence-corrected chi connectivity index (χ3v) is 4.39. The Morgan fingerprint density at radius 2 is 2.08 bits per heavy atom. The maximum Gasteiger partial charge on any atom is 0.319 e. The van der Waals surface area contributed by atoms with E-state index in [-0.39, 0.29) is 17.9 Å². The second-order valence-corrected chi connectivity index (χ2v) is 5.93. The zero-order chi connectivity index (χ0) is 18.1. The summed E-state index contributed by atoms with van der Waals surface area (Å²) in [4.78, 5) is 16.3. The van der Waals surface area contributed by atoms with Gasteiger partial charge in [-0.25, -0.2) is 14.2 Å². The van der Waals surface area contributed by atoms with E-state index >= 15 is 0 Å². The van der Waals surface area contributed by atoms with E-state index in [4.69, 9.17) is 5.26 Å². The van der Waals surface area contributed by atoms with Crippen LogP contribution in [0.25, 0.3) is 11.3 Å². The van der Waals surface area contributed by atoms with Crippen LogP contribution in [0.15, 0.2) is 55.0 Å². The van der Waals surface area contributed by atoms with Crippen LogP contribution in [0.3, 0.4) is 0 Å². The van der Waals surface area contributed by atoms with Gasteiger partial charge in [-0.2, -0.15) is 5.26 Å². The molecule has 2 heterocycles. The molecule has 1 aliphatic rings. The minimum absolute atomic E-state index is 0.218. The van der Waals surface area contributed by atoms with Crippen LogP contribution in [0, 0.1) is 17.1 Å². The van der Waals surface area contributed by atoms with Gasteiger partial charge < -0.3 is 15.2 Å². The first kappa shape index (κ1) is 15.8. The molecule has 7 heteroatoms. The summed E-state index contributed by atoms with van der Waals surface area (Å²) in [6.07, 6.45) is 3.26. The number of rotatable bonds is 3. The van der Waals surface area contributed by atoms with Gasteiger partial charge in [0.15, 0.2) is 0 Å². The van der Waals surface area contributed by atoms with Crippen molar-refractivity contribution in [3.8, 4) is 17.3 Å². The second-order valence-electron chi connectivity index (χ2n) is 5.93. The number of nitriles is 1. The van der Waals surface area contributed by atoms with Gasteiger partial charge in [0.1, 0.15) is 5.82 Å². The number of carbonyl (C=O) groups excluding carboxylic acids is 1. The van der Waals surface area contributed by atoms with E-state index in [1.54, 1.807) is 42.9 Å². The SMILES string of the molecule is N#Cc1ccc(NC(=O)NCC2c3cccc(F)c3-c3cncn32)cc1. The summed E-state index contributed by atoms with van der Waals surface area (Å²) in [5.74, 6) is -0.297. The number of nitrogens with zero attached hydrogens (tertiary/aromatic N) is 3. The molecular weight excluding hydrogens is 333 g/mol. The smallest absolute Gasteiger partial charge is 0.319 e. The maximum absolute atomic E-state index is 14.2. The lowest BCUT2D eigenvalue weighted by Crippen LogP contribution is -2.33. The van der Waals surface area contributed by atoms with Crippen molar-refractivity contribution in [2.75, 3.05) is 11.9 Å². The summed E-state index contributed by atoms with van der Waals surface area (Å²) in [5.41, 5.74) is 3.17. The van der Waals surface area contributed by atoms with E-state index in [0.717, 1.165) is 5.56 Å². The van der Waals surface area contributed by atoms with Gasteiger partial charge in [0.05, 0.1) is 35.9 Å². The van der Waals surface area contributed by atoms with E-state index in [1.807, 2.05) is 16.7 Å². The maximum atomic E-state index is 14.2. The van der Waals surface area contributed by atoms with Gasteiger partial charge in [0, 0.05) is 17.8 Å². The largest absolute Gasteiger partial charge is 0.335 e. The van der Waals surface area contributed by atoms with Crippen LogP contribution in [0.1, 0.15) is 17.2 Å². The molecule has 0 saturated carbocycles. The lowest BCUT2D eigenvalue weighted by Gasteiger charge is -2.16. The number of aromatic nitrogens is 2. The Kier molecular flexibility index (Phi) is 3.86. The Balaban J connectivity index is 1.48. The van der Waals surface area contributed by atoms with Crippen molar-refractivity contribution >= 4 is 11.7 Å². The van der Waals surface area contributed by atoms with Gasteiger partial charge in [-0.3, -0.25) is 0 Å². The first-order chi connectivity index (χ1) is 12.7. The number of anilines is 1. The van der Waals surface area contributed by atoms with Crippen molar-refractivity contribution in [2.45, 2.75) is 6.04 Å². The van der Waals surface area contributed by atoms with Crippen LogP contribution in [0.5, 0.6) is 0 Å². The molecule has 0 spiro atoms. The molecule has 1 aromatic heterocycles. The number of halogens is 1. The van der Waals surface area contributed by atoms with Gasteiger partial charge in [-0.1, -0.05) is 12.1 Å². The highest BCUT2D eigenvalue weighted by molar-refractivity contribution is 5.89. The molecule has 0 aliphatic carbocycles. The van der Waals surface area contributed by atoms with Crippen LogP contribution >= 0.6 is 0 Å². The van der Waals surface area contributed by atoms with Crippen LogP contribution in [0.2, 0.25) is 0 Å². The molecule has 2 N–H and O–H groups in total. The monoisotopic (exact) mass is 347 g/mol. The highest BCUT2D eigenvalue weighted by Crippen LogP contribution is 2.40. The Bertz CT molecular complexity index is 1020. The summed E-state index contributed by atoms with van der Waals surface area (Å²) in [5, 5.41) is 14.3. The van der Waals surface area contributed by atoms with Crippen molar-refractivity contribution < 1.29 is 9.18 Å². The molecule has 0 bridgehead atoms. The van der Waals surface area contributed by atoms with E-state index in [1.165, 1.54) is 6.07 Å². The quantitative estimate of drug-likeness (QED) is 0.763. The predicted molar refractivity (Wildman–Crippen MR) is 93.9 cm³/mol. The fourth-order valence-electron chi connectivity index (χ4n) is 3.19. The number of hydrogen-bond acceptors (Lipinski definition) is 3. The number of hydrogen-bond donors (Lipinski definition) is 2. The highest BCUT2D eigenvalue weighted by Gasteiger charge is 2.30. The number of fused-ring (bicyclic) bond motifs is 3. The fourth-order valence-corrected chi connectivity index (χ4v) is 3.19. The number of imidazole rings is 1. The third kappa shape index (κ3) is 2.67. The Morgan fingerprint density at radius 1 is 1.27 bits per heavy atom. The van der Waals surface area contributed by atoms with Gasteiger partial charge in [0.2, 0.25) is 0 Å². The number of nitrogens with one attached hydrogen (secondary N) is 2. The van der Waals surface area contributed by atoms with Gasteiger partial charge in [0.25, 0.3) is 0 Å². The molecule has 3 aromatic rings. The van der Waals surface area contributed by atoms with Crippen LogP contribution < -0.4 is 10.6 Å². The summed E-state index contributed by atoms with van der Waals surface area (Å²) in [7, 11) is 0. The fraction of sp³-hybridized carbons (Fsp3) is 0.105. The molecule has 1 unspecified atom stereocenters. The predicted octanol–water partition coefficient (Wildman–Crippen LogP) is 3.29. The zero-order valence-electron chi connectivity index (χ0n) is 13.6. The molecule has 0 fully saturated rings. The summed E-state index contributed by atoms with van der Waals surface area (Å²) < 4.78 is 16.1. The average molecular weight is 347 g/mol. The van der Waals surface area contributed by atoms with Crippen LogP contribution in [-0.4, -0.2) is 22.1 Å². The van der Waals surface area contributed by atoms with Gasteiger partial charge in [-0.15, -0.1) is 0 Å². The Hall–Kier alpha value is -3.66. The molecule has 6 nitrogen and oxygen atoms in total. The normalized spacial score (nSPS) is 14.2. The molecule has 0 radical (unpaired) electrons. The lowest BCUT2D eigenvalue weighted by atomic mass is 10.0. The molecule has 26 heavy (non-hydrogen) atoms. The van der Waals surface area contributed by atoms with Crippen molar-refractivity contribution in [1.29, 1.82) is 5.26 Å².